The van der Waals surface area contributed by atoms with Gasteiger partial charge in [0.15, 0.2) is 11.5 Å². The number of carbonyl (C=O) groups is 3. The van der Waals surface area contributed by atoms with Crippen LogP contribution in [-0.4, -0.2) is 35.8 Å². The Balaban J connectivity index is 1.12. The van der Waals surface area contributed by atoms with Gasteiger partial charge in [-0.05, 0) is 47.1 Å². The number of amides is 2. The van der Waals surface area contributed by atoms with Gasteiger partial charge in [-0.3, -0.25) is 14.5 Å². The second-order valence-corrected chi connectivity index (χ2v) is 12.1. The monoisotopic (exact) mass is 629 g/mol. The van der Waals surface area contributed by atoms with Crippen molar-refractivity contribution in [2.45, 2.75) is 26.2 Å². The molecule has 1 saturated heterocycles. The van der Waals surface area contributed by atoms with E-state index in [9.17, 15) is 14.4 Å². The summed E-state index contributed by atoms with van der Waals surface area (Å²) in [6.45, 7) is 0.619. The first-order valence-electron chi connectivity index (χ1n) is 15.9. The van der Waals surface area contributed by atoms with Crippen molar-refractivity contribution >= 4 is 17.8 Å². The van der Waals surface area contributed by atoms with Crippen molar-refractivity contribution in [3.05, 3.63) is 138 Å². The van der Waals surface area contributed by atoms with Crippen molar-refractivity contribution in [1.29, 1.82) is 0 Å². The highest BCUT2D eigenvalue weighted by molar-refractivity contribution is 6.06. The van der Waals surface area contributed by atoms with E-state index in [1.807, 2.05) is 91.0 Å². The summed E-state index contributed by atoms with van der Waals surface area (Å²) < 4.78 is 24.5. The number of allylic oxidation sites excluding steroid dienone is 2. The molecule has 0 spiro atoms. The van der Waals surface area contributed by atoms with Crippen molar-refractivity contribution in [3.8, 4) is 17.2 Å². The van der Waals surface area contributed by atoms with Crippen molar-refractivity contribution < 1.29 is 33.3 Å². The minimum atomic E-state index is -0.630. The first kappa shape index (κ1) is 30.3. The fourth-order valence-electron chi connectivity index (χ4n) is 6.75. The van der Waals surface area contributed by atoms with Crippen LogP contribution in [0.1, 0.15) is 33.5 Å². The summed E-state index contributed by atoms with van der Waals surface area (Å²) in [5.74, 6) is -0.279. The lowest BCUT2D eigenvalue weighted by Crippen LogP contribution is -2.36. The van der Waals surface area contributed by atoms with E-state index in [0.29, 0.717) is 17.2 Å². The predicted octanol–water partition coefficient (Wildman–Crippen LogP) is 6.39. The summed E-state index contributed by atoms with van der Waals surface area (Å²) in [5, 5.41) is 0. The van der Waals surface area contributed by atoms with Crippen LogP contribution in [0.4, 0.5) is 0 Å². The number of benzene rings is 4. The molecule has 4 unspecified atom stereocenters. The summed E-state index contributed by atoms with van der Waals surface area (Å²) in [5.41, 5.74) is 3.03. The molecule has 2 amide bonds. The third-order valence-electron chi connectivity index (χ3n) is 9.07. The quantitative estimate of drug-likeness (QED) is 0.0962. The fraction of sp³-hybridized carbons (Fsp3) is 0.256. The number of ether oxygens (including phenoxy) is 4. The average molecular weight is 630 g/mol. The first-order chi connectivity index (χ1) is 23.0. The van der Waals surface area contributed by atoms with Crippen LogP contribution >= 0.6 is 0 Å². The van der Waals surface area contributed by atoms with Crippen molar-refractivity contribution in [2.75, 3.05) is 13.2 Å². The summed E-state index contributed by atoms with van der Waals surface area (Å²) in [4.78, 5) is 40.9. The molecule has 0 aromatic heterocycles. The van der Waals surface area contributed by atoms with Gasteiger partial charge >= 0.3 is 5.97 Å². The smallest absolute Gasteiger partial charge is 0.338 e. The van der Waals surface area contributed by atoms with Gasteiger partial charge in [0.25, 0.3) is 0 Å². The lowest BCUT2D eigenvalue weighted by atomic mass is 9.85. The Bertz CT molecular complexity index is 1680. The van der Waals surface area contributed by atoms with Crippen molar-refractivity contribution in [3.63, 3.8) is 0 Å². The number of imide groups is 1. The molecular formula is C39H35NO7. The number of hydrogen-bond acceptors (Lipinski definition) is 7. The summed E-state index contributed by atoms with van der Waals surface area (Å²) in [6.07, 6.45) is 4.98. The molecule has 4 aromatic rings. The van der Waals surface area contributed by atoms with E-state index < -0.39 is 5.97 Å². The van der Waals surface area contributed by atoms with Gasteiger partial charge in [-0.1, -0.05) is 103 Å². The van der Waals surface area contributed by atoms with Crippen LogP contribution in [0.25, 0.3) is 0 Å². The minimum absolute atomic E-state index is 0.0167. The van der Waals surface area contributed by atoms with E-state index >= 15 is 0 Å². The Hall–Kier alpha value is -5.37. The zero-order chi connectivity index (χ0) is 32.2. The molecular weight excluding hydrogens is 594 g/mol. The van der Waals surface area contributed by atoms with Crippen LogP contribution in [-0.2, 0) is 34.1 Å². The fourth-order valence-corrected chi connectivity index (χ4v) is 6.75. The topological polar surface area (TPSA) is 91.4 Å². The molecule has 2 bridgehead atoms. The van der Waals surface area contributed by atoms with Gasteiger partial charge in [0.2, 0.25) is 17.6 Å². The molecule has 4 aromatic carbocycles. The van der Waals surface area contributed by atoms with Crippen molar-refractivity contribution in [2.24, 2.45) is 23.7 Å². The standard InChI is InChI=1S/C39H35NO7/c41-37-34-29-16-17-30(20-29)35(34)38(42)40(37)18-19-44-39(43)31-21-32(45-23-26-10-4-1-5-11-26)36(47-25-28-14-8-3-9-15-28)33(22-31)46-24-27-12-6-2-7-13-27/h1-17,21-22,29-30,34-35H,18-20,23-25H2. The molecule has 1 aliphatic heterocycles. The van der Waals surface area contributed by atoms with Gasteiger partial charge in [-0.25, -0.2) is 4.79 Å². The number of rotatable bonds is 13. The lowest BCUT2D eigenvalue weighted by molar-refractivity contribution is -0.141. The van der Waals surface area contributed by atoms with Gasteiger partial charge in [-0.2, -0.15) is 0 Å². The van der Waals surface area contributed by atoms with Crippen LogP contribution in [0, 0.1) is 23.7 Å². The zero-order valence-electron chi connectivity index (χ0n) is 25.8. The molecule has 1 saturated carbocycles. The molecule has 8 nitrogen and oxygen atoms in total. The summed E-state index contributed by atoms with van der Waals surface area (Å²) >= 11 is 0. The maximum absolute atomic E-state index is 13.5. The Morgan fingerprint density at radius 1 is 0.638 bits per heavy atom. The molecule has 3 aliphatic rings. The van der Waals surface area contributed by atoms with Crippen LogP contribution in [0.5, 0.6) is 17.2 Å². The molecule has 2 fully saturated rings. The summed E-state index contributed by atoms with van der Waals surface area (Å²) in [6, 6.07) is 32.3. The van der Waals surface area contributed by atoms with Gasteiger partial charge < -0.3 is 18.9 Å². The normalized spacial score (nSPS) is 20.7. The van der Waals surface area contributed by atoms with E-state index in [4.69, 9.17) is 18.9 Å². The lowest BCUT2D eigenvalue weighted by Gasteiger charge is -2.19. The summed E-state index contributed by atoms with van der Waals surface area (Å²) in [7, 11) is 0. The Labute approximate surface area is 273 Å². The van der Waals surface area contributed by atoms with Crippen LogP contribution < -0.4 is 14.2 Å². The predicted molar refractivity (Wildman–Crippen MR) is 173 cm³/mol. The van der Waals surface area contributed by atoms with E-state index in [1.54, 1.807) is 12.1 Å². The zero-order valence-corrected chi connectivity index (χ0v) is 25.8. The average Bonchev–Trinajstić information content (AvgIpc) is 3.80. The van der Waals surface area contributed by atoms with Gasteiger partial charge in [0, 0.05) is 0 Å². The van der Waals surface area contributed by atoms with Gasteiger partial charge in [-0.15, -0.1) is 0 Å². The Morgan fingerprint density at radius 2 is 1.09 bits per heavy atom. The largest absolute Gasteiger partial charge is 0.485 e. The van der Waals surface area contributed by atoms with E-state index in [1.165, 1.54) is 4.90 Å². The van der Waals surface area contributed by atoms with E-state index in [-0.39, 0.29) is 74.0 Å². The maximum atomic E-state index is 13.5. The first-order valence-corrected chi connectivity index (χ1v) is 15.9. The van der Waals surface area contributed by atoms with E-state index in [0.717, 1.165) is 23.1 Å². The molecule has 4 atom stereocenters. The van der Waals surface area contributed by atoms with Gasteiger partial charge in [0.05, 0.1) is 23.9 Å². The molecule has 238 valence electrons. The van der Waals surface area contributed by atoms with Crippen molar-refractivity contribution in [1.82, 2.24) is 4.90 Å². The minimum Gasteiger partial charge on any atom is -0.485 e. The highest BCUT2D eigenvalue weighted by Gasteiger charge is 2.59. The SMILES string of the molecule is O=C(OCCN1C(=O)C2C3C=CC(C3)C2C1=O)c1cc(OCc2ccccc2)c(OCc2ccccc2)c(OCc2ccccc2)c1. The molecule has 1 heterocycles. The molecule has 2 aliphatic carbocycles. The number of carbonyl (C=O) groups excluding carboxylic acids is 3. The number of hydrogen-bond donors (Lipinski definition) is 0. The number of nitrogens with zero attached hydrogens (tertiary/aromatic N) is 1. The Morgan fingerprint density at radius 3 is 1.55 bits per heavy atom. The molecule has 7 rings (SSSR count). The molecule has 0 radical (unpaired) electrons. The second kappa shape index (κ2) is 13.5. The van der Waals surface area contributed by atoms with Crippen LogP contribution in [0.15, 0.2) is 115 Å². The number of fused-ring (bicyclic) bond motifs is 5. The van der Waals surface area contributed by atoms with Crippen LogP contribution in [0.2, 0.25) is 0 Å². The third-order valence-corrected chi connectivity index (χ3v) is 9.07. The molecule has 47 heavy (non-hydrogen) atoms. The van der Waals surface area contributed by atoms with E-state index in [2.05, 4.69) is 12.2 Å². The van der Waals surface area contributed by atoms with Gasteiger partial charge in [0.1, 0.15) is 26.4 Å². The second-order valence-electron chi connectivity index (χ2n) is 12.1. The molecule has 0 N–H and O–H groups in total. The van der Waals surface area contributed by atoms with Crippen LogP contribution in [0.3, 0.4) is 0 Å². The molecule has 8 heteroatoms. The Kier molecular flexibility index (Phi) is 8.73. The maximum Gasteiger partial charge on any atom is 0.338 e. The highest BCUT2D eigenvalue weighted by Crippen LogP contribution is 2.52. The number of esters is 1. The highest BCUT2D eigenvalue weighted by atomic mass is 16.5. The third kappa shape index (κ3) is 6.49. The number of likely N-dealkylation sites (tertiary alicyclic amines) is 1.